The first-order chi connectivity index (χ1) is 14.7. The maximum atomic E-state index is 12.4. The number of nitrogens with zero attached hydrogens (tertiary/aromatic N) is 2. The van der Waals surface area contributed by atoms with Gasteiger partial charge < -0.3 is 9.47 Å². The zero-order valence-electron chi connectivity index (χ0n) is 16.2. The molecule has 0 N–H and O–H groups in total. The second-order valence-corrected chi connectivity index (χ2v) is 6.35. The van der Waals surface area contributed by atoms with Gasteiger partial charge in [0.2, 0.25) is 0 Å². The van der Waals surface area contributed by atoms with Crippen molar-refractivity contribution in [2.75, 3.05) is 18.1 Å². The van der Waals surface area contributed by atoms with Crippen LogP contribution in [0.4, 0.5) is 5.69 Å². The Morgan fingerprint density at radius 1 is 0.867 bits per heavy atom. The van der Waals surface area contributed by atoms with Gasteiger partial charge in [0, 0.05) is 5.69 Å². The van der Waals surface area contributed by atoms with Crippen LogP contribution in [0.25, 0.3) is 0 Å². The summed E-state index contributed by atoms with van der Waals surface area (Å²) in [5.74, 6) is -0.474. The highest BCUT2D eigenvalue weighted by Crippen LogP contribution is 2.16. The highest BCUT2D eigenvalue weighted by Gasteiger charge is 2.18. The molecule has 0 saturated carbocycles. The number of ether oxygens (including phenoxy) is 2. The molecule has 0 spiro atoms. The molecule has 1 amide bonds. The average Bonchev–Trinajstić information content (AvgIpc) is 2.81. The van der Waals surface area contributed by atoms with Crippen molar-refractivity contribution in [3.63, 3.8) is 0 Å². The number of esters is 1. The molecule has 3 rings (SSSR count). The van der Waals surface area contributed by atoms with Crippen LogP contribution in [0.3, 0.4) is 0 Å². The molecule has 30 heavy (non-hydrogen) atoms. The molecule has 0 saturated heterocycles. The van der Waals surface area contributed by atoms with Gasteiger partial charge in [-0.1, -0.05) is 48.5 Å². The SMILES string of the molecule is N#CCN(C(=O)COC(=O)c1ccc(OCc2ccccc2)cc1)c1ccccc1. The van der Waals surface area contributed by atoms with Crippen LogP contribution < -0.4 is 9.64 Å². The smallest absolute Gasteiger partial charge is 0.338 e. The molecule has 0 aliphatic heterocycles. The number of para-hydroxylation sites is 1. The molecule has 3 aromatic rings. The molecule has 0 unspecified atom stereocenters. The first kappa shape index (κ1) is 20.6. The molecule has 0 aliphatic rings. The van der Waals surface area contributed by atoms with Gasteiger partial charge in [-0.3, -0.25) is 9.69 Å². The molecule has 0 heterocycles. The van der Waals surface area contributed by atoms with Crippen molar-refractivity contribution in [1.82, 2.24) is 0 Å². The molecule has 0 aliphatic carbocycles. The van der Waals surface area contributed by atoms with Crippen LogP contribution in [-0.2, 0) is 16.1 Å². The highest BCUT2D eigenvalue weighted by molar-refractivity contribution is 5.97. The lowest BCUT2D eigenvalue weighted by Gasteiger charge is -2.19. The first-order valence-electron chi connectivity index (χ1n) is 9.33. The lowest BCUT2D eigenvalue weighted by atomic mass is 10.2. The van der Waals surface area contributed by atoms with Crippen LogP contribution in [0.15, 0.2) is 84.9 Å². The summed E-state index contributed by atoms with van der Waals surface area (Å²) in [7, 11) is 0. The lowest BCUT2D eigenvalue weighted by molar-refractivity contribution is -0.121. The van der Waals surface area contributed by atoms with Gasteiger partial charge in [0.05, 0.1) is 11.6 Å². The van der Waals surface area contributed by atoms with Crippen molar-refractivity contribution in [3.05, 3.63) is 96.1 Å². The molecule has 0 bridgehead atoms. The maximum absolute atomic E-state index is 12.4. The van der Waals surface area contributed by atoms with Crippen molar-refractivity contribution >= 4 is 17.6 Å². The largest absolute Gasteiger partial charge is 0.489 e. The van der Waals surface area contributed by atoms with Gasteiger partial charge in [-0.15, -0.1) is 0 Å². The van der Waals surface area contributed by atoms with E-state index in [2.05, 4.69) is 0 Å². The van der Waals surface area contributed by atoms with Crippen LogP contribution in [0.1, 0.15) is 15.9 Å². The summed E-state index contributed by atoms with van der Waals surface area (Å²) in [6.07, 6.45) is 0. The molecule has 3 aromatic carbocycles. The van der Waals surface area contributed by atoms with Crippen molar-refractivity contribution in [2.24, 2.45) is 0 Å². The van der Waals surface area contributed by atoms with Crippen LogP contribution in [0, 0.1) is 11.3 Å². The molecule has 0 aromatic heterocycles. The van der Waals surface area contributed by atoms with E-state index in [-0.39, 0.29) is 6.54 Å². The Balaban J connectivity index is 1.54. The summed E-state index contributed by atoms with van der Waals surface area (Å²) in [5.41, 5.74) is 1.92. The number of nitriles is 1. The predicted molar refractivity (Wildman–Crippen MR) is 112 cm³/mol. The van der Waals surface area contributed by atoms with E-state index in [4.69, 9.17) is 14.7 Å². The summed E-state index contributed by atoms with van der Waals surface area (Å²) in [4.78, 5) is 26.0. The number of rotatable bonds is 8. The molecule has 0 atom stereocenters. The van der Waals surface area contributed by atoms with E-state index in [0.29, 0.717) is 23.6 Å². The fourth-order valence-electron chi connectivity index (χ4n) is 2.72. The van der Waals surface area contributed by atoms with E-state index in [1.807, 2.05) is 42.5 Å². The Bertz CT molecular complexity index is 1010. The van der Waals surface area contributed by atoms with Gasteiger partial charge in [0.1, 0.15) is 18.9 Å². The Morgan fingerprint density at radius 2 is 1.50 bits per heavy atom. The third kappa shape index (κ3) is 5.69. The topological polar surface area (TPSA) is 79.6 Å². The van der Waals surface area contributed by atoms with Gasteiger partial charge in [-0.05, 0) is 42.0 Å². The van der Waals surface area contributed by atoms with E-state index < -0.39 is 18.5 Å². The van der Waals surface area contributed by atoms with Gasteiger partial charge in [-0.25, -0.2) is 4.79 Å². The molecule has 0 radical (unpaired) electrons. The number of hydrogen-bond donors (Lipinski definition) is 0. The summed E-state index contributed by atoms with van der Waals surface area (Å²) in [5, 5.41) is 8.98. The quantitative estimate of drug-likeness (QED) is 0.422. The van der Waals surface area contributed by atoms with Crippen molar-refractivity contribution in [2.45, 2.75) is 6.61 Å². The standard InChI is InChI=1S/C24H20N2O4/c25-15-16-26(21-9-5-2-6-10-21)23(27)18-30-24(28)20-11-13-22(14-12-20)29-17-19-7-3-1-4-8-19/h1-14H,16-18H2. The summed E-state index contributed by atoms with van der Waals surface area (Å²) in [6.45, 7) is -0.164. The fraction of sp³-hybridized carbons (Fsp3) is 0.125. The van der Waals surface area contributed by atoms with Crippen LogP contribution in [0.5, 0.6) is 5.75 Å². The minimum Gasteiger partial charge on any atom is -0.489 e. The number of benzene rings is 3. The van der Waals surface area contributed by atoms with Crippen LogP contribution in [0.2, 0.25) is 0 Å². The summed E-state index contributed by atoms with van der Waals surface area (Å²) < 4.78 is 10.8. The number of anilines is 1. The van der Waals surface area contributed by atoms with Gasteiger partial charge in [0.15, 0.2) is 6.61 Å². The zero-order valence-corrected chi connectivity index (χ0v) is 16.2. The minimum atomic E-state index is -0.622. The van der Waals surface area contributed by atoms with Gasteiger partial charge in [0.25, 0.3) is 5.91 Å². The molecular formula is C24H20N2O4. The van der Waals surface area contributed by atoms with Gasteiger partial charge >= 0.3 is 5.97 Å². The van der Waals surface area contributed by atoms with E-state index in [1.54, 1.807) is 48.5 Å². The van der Waals surface area contributed by atoms with Crippen molar-refractivity contribution in [3.8, 4) is 11.8 Å². The molecule has 6 heteroatoms. The fourth-order valence-corrected chi connectivity index (χ4v) is 2.72. The molecule has 0 fully saturated rings. The molecular weight excluding hydrogens is 380 g/mol. The number of carbonyl (C=O) groups is 2. The Morgan fingerprint density at radius 3 is 2.13 bits per heavy atom. The average molecular weight is 400 g/mol. The lowest BCUT2D eigenvalue weighted by Crippen LogP contribution is -2.35. The molecule has 6 nitrogen and oxygen atoms in total. The zero-order chi connectivity index (χ0) is 21.2. The monoisotopic (exact) mass is 400 g/mol. The van der Waals surface area contributed by atoms with Crippen LogP contribution in [-0.4, -0.2) is 25.0 Å². The predicted octanol–water partition coefficient (Wildman–Crippen LogP) is 3.98. The van der Waals surface area contributed by atoms with E-state index >= 15 is 0 Å². The van der Waals surface area contributed by atoms with E-state index in [1.165, 1.54) is 4.90 Å². The Labute approximate surface area is 174 Å². The number of hydrogen-bond acceptors (Lipinski definition) is 5. The Hall–Kier alpha value is -4.11. The maximum Gasteiger partial charge on any atom is 0.338 e. The van der Waals surface area contributed by atoms with Crippen molar-refractivity contribution < 1.29 is 19.1 Å². The van der Waals surface area contributed by atoms with Gasteiger partial charge in [-0.2, -0.15) is 5.26 Å². The second kappa shape index (κ2) is 10.4. The van der Waals surface area contributed by atoms with Crippen LogP contribution >= 0.6 is 0 Å². The number of amides is 1. The van der Waals surface area contributed by atoms with E-state index in [9.17, 15) is 9.59 Å². The minimum absolute atomic E-state index is 0.131. The number of carbonyl (C=O) groups excluding carboxylic acids is 2. The van der Waals surface area contributed by atoms with Crippen molar-refractivity contribution in [1.29, 1.82) is 5.26 Å². The summed E-state index contributed by atoms with van der Waals surface area (Å²) >= 11 is 0. The molecule has 150 valence electrons. The second-order valence-electron chi connectivity index (χ2n) is 6.35. The Kier molecular flexibility index (Phi) is 7.17. The summed E-state index contributed by atoms with van der Waals surface area (Å²) in [6, 6.07) is 27.0. The third-order valence-corrected chi connectivity index (χ3v) is 4.26. The first-order valence-corrected chi connectivity index (χ1v) is 9.33. The van der Waals surface area contributed by atoms with E-state index in [0.717, 1.165) is 5.56 Å². The third-order valence-electron chi connectivity index (χ3n) is 4.26. The highest BCUT2D eigenvalue weighted by atomic mass is 16.5. The normalized spacial score (nSPS) is 9.97.